The third kappa shape index (κ3) is 4.62. The van der Waals surface area contributed by atoms with Crippen LogP contribution in [0, 0.1) is 0 Å². The smallest absolute Gasteiger partial charge is 0.168 e. The van der Waals surface area contributed by atoms with Crippen molar-refractivity contribution in [1.82, 2.24) is 19.5 Å². The van der Waals surface area contributed by atoms with E-state index in [1.807, 2.05) is 7.11 Å². The molecule has 0 aromatic carbocycles. The van der Waals surface area contributed by atoms with E-state index in [1.165, 1.54) is 50.0 Å². The number of ether oxygens (including phenoxy) is 1. The van der Waals surface area contributed by atoms with Crippen LogP contribution in [0.25, 0.3) is 44.4 Å². The maximum atomic E-state index is 6.41. The summed E-state index contributed by atoms with van der Waals surface area (Å²) in [5, 5.41) is 0. The highest BCUT2D eigenvalue weighted by Gasteiger charge is 2.29. The molecule has 0 spiro atoms. The lowest BCUT2D eigenvalue weighted by Crippen LogP contribution is -1.99. The Bertz CT molecular complexity index is 1750. The van der Waals surface area contributed by atoms with Crippen molar-refractivity contribution in [2.24, 2.45) is 0 Å². The number of fused-ring (bicyclic) bond motifs is 8. The largest absolute Gasteiger partial charge is 0.492 e. The van der Waals surface area contributed by atoms with Gasteiger partial charge in [-0.3, -0.25) is 0 Å². The highest BCUT2D eigenvalue weighted by atomic mass is 16.5. The fourth-order valence-electron chi connectivity index (χ4n) is 7.35. The number of nitrogens with zero attached hydrogens (tertiary/aromatic N) is 3. The Morgan fingerprint density at radius 3 is 1.71 bits per heavy atom. The van der Waals surface area contributed by atoms with Crippen LogP contribution in [0.2, 0.25) is 0 Å². The summed E-state index contributed by atoms with van der Waals surface area (Å²) in [5.74, 6) is 0.894. The summed E-state index contributed by atoms with van der Waals surface area (Å²) in [6.07, 6.45) is 6.50. The Hall–Kier alpha value is -3.60. The summed E-state index contributed by atoms with van der Waals surface area (Å²) in [6, 6.07) is 8.92. The van der Waals surface area contributed by atoms with Crippen molar-refractivity contribution >= 4 is 44.4 Å². The third-order valence-corrected chi connectivity index (χ3v) is 9.18. The molecule has 42 heavy (non-hydrogen) atoms. The van der Waals surface area contributed by atoms with Crippen LogP contribution in [0.3, 0.4) is 0 Å². The molecule has 8 bridgehead atoms. The van der Waals surface area contributed by atoms with Gasteiger partial charge in [-0.15, -0.1) is 0 Å². The summed E-state index contributed by atoms with van der Waals surface area (Å²) in [7, 11) is 1.82. The predicted molar refractivity (Wildman–Crippen MR) is 180 cm³/mol. The Morgan fingerprint density at radius 1 is 0.619 bits per heavy atom. The first-order valence-electron chi connectivity index (χ1n) is 16.2. The van der Waals surface area contributed by atoms with Crippen molar-refractivity contribution in [2.45, 2.75) is 107 Å². The lowest BCUT2D eigenvalue weighted by Gasteiger charge is -2.12. The molecule has 2 aliphatic heterocycles. The van der Waals surface area contributed by atoms with E-state index in [2.05, 4.69) is 89.2 Å². The number of hydrogen-bond donors (Lipinski definition) is 1. The number of aromatic nitrogens is 4. The minimum Gasteiger partial charge on any atom is -0.492 e. The molecule has 0 radical (unpaired) electrons. The van der Waals surface area contributed by atoms with Gasteiger partial charge in [0.1, 0.15) is 5.69 Å². The van der Waals surface area contributed by atoms with E-state index in [-0.39, 0.29) is 0 Å². The average Bonchev–Trinajstić information content (AvgIpc) is 3.76. The Morgan fingerprint density at radius 2 is 1.17 bits per heavy atom. The topological polar surface area (TPSA) is 55.7 Å². The number of hydrogen-bond acceptors (Lipinski definition) is 3. The van der Waals surface area contributed by atoms with Gasteiger partial charge in [0, 0.05) is 28.7 Å². The molecule has 0 saturated carbocycles. The minimum absolute atomic E-state index is 0.848. The summed E-state index contributed by atoms with van der Waals surface area (Å²) < 4.78 is 8.86. The molecule has 5 heteroatoms. The summed E-state index contributed by atoms with van der Waals surface area (Å²) in [6.45, 7) is 18.9. The molecule has 0 saturated heterocycles. The number of H-pyrrole nitrogens is 1. The molecule has 5 heterocycles. The molecule has 0 fully saturated rings. The highest BCUT2D eigenvalue weighted by molar-refractivity contribution is 5.99. The van der Waals surface area contributed by atoms with E-state index < -0.39 is 0 Å². The molecule has 3 aromatic heterocycles. The zero-order valence-electron chi connectivity index (χ0n) is 27.2. The maximum absolute atomic E-state index is 6.41. The normalized spacial score (nSPS) is 13.5. The maximum Gasteiger partial charge on any atom is 0.168 e. The Labute approximate surface area is 251 Å². The van der Waals surface area contributed by atoms with Crippen molar-refractivity contribution in [2.75, 3.05) is 7.11 Å². The SMILES string of the molecule is CCC1=C(CC)c2nc1cc1ccc(cc3c(CC)c(CC)c(c(OC)c4nc(c2CC)C(CC)=C4CC)n3CC)[nH]1. The second kappa shape index (κ2) is 12.3. The first kappa shape index (κ1) is 29.9. The van der Waals surface area contributed by atoms with E-state index in [9.17, 15) is 0 Å². The zero-order valence-corrected chi connectivity index (χ0v) is 27.2. The standard InChI is InChI=1S/C37H48N4O/c1-10-24-26(12-3)33-30(16-7)34-27(13-4)28(14-5)35(40-34)37(42-9)36-29(15-6)25(11-2)32(41(36)17-8)21-23-19-18-22(38-23)20-31(24)39-33/h18-21,38H,10-17H2,1-9H3. The van der Waals surface area contributed by atoms with E-state index in [0.29, 0.717) is 0 Å². The molecular weight excluding hydrogens is 516 g/mol. The average molecular weight is 565 g/mol. The fourth-order valence-corrected chi connectivity index (χ4v) is 7.35. The van der Waals surface area contributed by atoms with Crippen LogP contribution in [0.5, 0.6) is 5.75 Å². The number of aryl methyl sites for hydroxylation is 3. The lowest BCUT2D eigenvalue weighted by atomic mass is 9.93. The van der Waals surface area contributed by atoms with Crippen LogP contribution in [-0.2, 0) is 25.8 Å². The van der Waals surface area contributed by atoms with Crippen molar-refractivity contribution in [3.8, 4) is 5.75 Å². The van der Waals surface area contributed by atoms with Crippen LogP contribution in [-0.4, -0.2) is 26.6 Å². The highest BCUT2D eigenvalue weighted by Crippen LogP contribution is 2.45. The van der Waals surface area contributed by atoms with Gasteiger partial charge in [-0.05, 0) is 110 Å². The van der Waals surface area contributed by atoms with Gasteiger partial charge >= 0.3 is 0 Å². The number of nitrogens with one attached hydrogen (secondary N) is 1. The number of methoxy groups -OCH3 is 1. The monoisotopic (exact) mass is 564 g/mol. The Kier molecular flexibility index (Phi) is 8.77. The molecule has 0 aliphatic carbocycles. The van der Waals surface area contributed by atoms with Crippen LogP contribution >= 0.6 is 0 Å². The van der Waals surface area contributed by atoms with Crippen molar-refractivity contribution in [3.63, 3.8) is 0 Å². The third-order valence-electron chi connectivity index (χ3n) is 9.18. The van der Waals surface area contributed by atoms with Gasteiger partial charge in [-0.25, -0.2) is 9.97 Å². The van der Waals surface area contributed by atoms with E-state index in [1.54, 1.807) is 0 Å². The zero-order chi connectivity index (χ0) is 30.1. The first-order chi connectivity index (χ1) is 20.4. The molecule has 0 unspecified atom stereocenters. The molecule has 222 valence electrons. The number of aromatic amines is 1. The molecule has 0 atom stereocenters. The molecule has 5 nitrogen and oxygen atoms in total. The summed E-state index contributed by atoms with van der Waals surface area (Å²) in [5.41, 5.74) is 18.2. The second-order valence-corrected chi connectivity index (χ2v) is 11.1. The molecule has 5 rings (SSSR count). The van der Waals surface area contributed by atoms with Crippen LogP contribution in [0.15, 0.2) is 24.3 Å². The van der Waals surface area contributed by atoms with Crippen LogP contribution in [0.4, 0.5) is 0 Å². The fraction of sp³-hybridized carbons (Fsp3) is 0.459. The first-order valence-corrected chi connectivity index (χ1v) is 16.2. The number of allylic oxidation sites excluding steroid dienone is 4. The van der Waals surface area contributed by atoms with Gasteiger partial charge in [0.25, 0.3) is 0 Å². The van der Waals surface area contributed by atoms with Gasteiger partial charge in [0.15, 0.2) is 5.75 Å². The van der Waals surface area contributed by atoms with Crippen molar-refractivity contribution in [1.29, 1.82) is 0 Å². The molecule has 0 amide bonds. The van der Waals surface area contributed by atoms with E-state index >= 15 is 0 Å². The predicted octanol–water partition coefficient (Wildman–Crippen LogP) is 9.97. The van der Waals surface area contributed by atoms with Crippen LogP contribution < -0.4 is 4.74 Å². The van der Waals surface area contributed by atoms with E-state index in [0.717, 1.165) is 91.0 Å². The quantitative estimate of drug-likeness (QED) is 0.281. The second-order valence-electron chi connectivity index (χ2n) is 11.1. The summed E-state index contributed by atoms with van der Waals surface area (Å²) in [4.78, 5) is 14.6. The molecule has 1 N–H and O–H groups in total. The van der Waals surface area contributed by atoms with Crippen LogP contribution in [0.1, 0.15) is 121 Å². The van der Waals surface area contributed by atoms with Gasteiger partial charge in [-0.2, -0.15) is 0 Å². The Balaban J connectivity index is 2.14. The van der Waals surface area contributed by atoms with E-state index in [4.69, 9.17) is 14.7 Å². The molecule has 3 aromatic rings. The van der Waals surface area contributed by atoms with Gasteiger partial charge in [0.05, 0.1) is 29.7 Å². The lowest BCUT2D eigenvalue weighted by molar-refractivity contribution is 0.414. The van der Waals surface area contributed by atoms with Crippen molar-refractivity contribution < 1.29 is 4.74 Å². The molecule has 2 aliphatic rings. The van der Waals surface area contributed by atoms with Crippen molar-refractivity contribution in [3.05, 3.63) is 63.7 Å². The summed E-state index contributed by atoms with van der Waals surface area (Å²) >= 11 is 0. The molecular formula is C37H48N4O. The van der Waals surface area contributed by atoms with Gasteiger partial charge in [-0.1, -0.05) is 48.5 Å². The van der Waals surface area contributed by atoms with Gasteiger partial charge in [0.2, 0.25) is 0 Å². The van der Waals surface area contributed by atoms with Gasteiger partial charge < -0.3 is 14.3 Å². The minimum atomic E-state index is 0.848. The number of rotatable bonds is 9.